The summed E-state index contributed by atoms with van der Waals surface area (Å²) in [6, 6.07) is -0.620. The molecule has 4 atom stereocenters. The number of nitrogens with one attached hydrogen (secondary N) is 3. The van der Waals surface area contributed by atoms with Gasteiger partial charge in [0.15, 0.2) is 0 Å². The van der Waals surface area contributed by atoms with Crippen molar-refractivity contribution in [3.05, 3.63) is 18.2 Å². The van der Waals surface area contributed by atoms with Crippen LogP contribution in [0, 0.1) is 17.8 Å². The Morgan fingerprint density at radius 3 is 2.03 bits per heavy atom. The summed E-state index contributed by atoms with van der Waals surface area (Å²) in [6.45, 7) is 3.96. The van der Waals surface area contributed by atoms with Crippen LogP contribution in [0.4, 0.5) is 0 Å². The maximum absolute atomic E-state index is 12.7. The van der Waals surface area contributed by atoms with Crippen LogP contribution in [0.1, 0.15) is 96.6 Å². The van der Waals surface area contributed by atoms with E-state index in [1.54, 1.807) is 6.20 Å². The van der Waals surface area contributed by atoms with Crippen molar-refractivity contribution in [2.75, 3.05) is 6.54 Å². The molecule has 1 aromatic rings. The molecule has 1 rings (SSSR count). The van der Waals surface area contributed by atoms with Gasteiger partial charge in [-0.3, -0.25) is 14.4 Å². The maximum atomic E-state index is 12.7. The van der Waals surface area contributed by atoms with E-state index in [-0.39, 0.29) is 36.1 Å². The van der Waals surface area contributed by atoms with Crippen molar-refractivity contribution in [1.82, 2.24) is 20.6 Å². The minimum Gasteiger partial charge on any atom is -0.481 e. The molecule has 0 radical (unpaired) electrons. The Hall–Kier alpha value is -3.04. The molecule has 0 saturated heterocycles. The molecule has 10 nitrogen and oxygen atoms in total. The summed E-state index contributed by atoms with van der Waals surface area (Å²) < 4.78 is 0. The average Bonchev–Trinajstić information content (AvgIpc) is 3.42. The lowest BCUT2D eigenvalue weighted by Crippen LogP contribution is -2.41. The highest BCUT2D eigenvalue weighted by Gasteiger charge is 2.22. The van der Waals surface area contributed by atoms with E-state index in [2.05, 4.69) is 20.6 Å². The summed E-state index contributed by atoms with van der Waals surface area (Å²) in [5, 5.41) is 14.9. The number of carbonyl (C=O) groups excluding carboxylic acids is 4. The molecule has 0 fully saturated rings. The van der Waals surface area contributed by atoms with Gasteiger partial charge in [0.25, 0.3) is 0 Å². The van der Waals surface area contributed by atoms with Crippen LogP contribution in [-0.4, -0.2) is 58.0 Å². The summed E-state index contributed by atoms with van der Waals surface area (Å²) >= 11 is 0. The van der Waals surface area contributed by atoms with Crippen LogP contribution in [0.15, 0.2) is 12.5 Å². The Morgan fingerprint density at radius 2 is 1.53 bits per heavy atom. The van der Waals surface area contributed by atoms with Crippen LogP contribution < -0.4 is 10.6 Å². The molecule has 1 aromatic heterocycles. The third kappa shape index (κ3) is 13.5. The summed E-state index contributed by atoms with van der Waals surface area (Å²) in [4.78, 5) is 65.8. The minimum atomic E-state index is -0.756. The molecule has 0 aliphatic rings. The maximum Gasteiger partial charge on any atom is 0.306 e. The van der Waals surface area contributed by atoms with Crippen molar-refractivity contribution in [3.63, 3.8) is 0 Å². The first-order valence-electron chi connectivity index (χ1n) is 14.0. The van der Waals surface area contributed by atoms with Gasteiger partial charge < -0.3 is 30.3 Å². The van der Waals surface area contributed by atoms with E-state index in [9.17, 15) is 29.1 Å². The van der Waals surface area contributed by atoms with Crippen LogP contribution in [0.3, 0.4) is 0 Å². The van der Waals surface area contributed by atoms with Crippen molar-refractivity contribution in [1.29, 1.82) is 0 Å². The topological polar surface area (TPSA) is 158 Å². The molecule has 214 valence electrons. The van der Waals surface area contributed by atoms with Gasteiger partial charge in [-0.15, -0.1) is 0 Å². The molecule has 2 amide bonds. The predicted molar refractivity (Wildman–Crippen MR) is 144 cm³/mol. The molecule has 1 heterocycles. The van der Waals surface area contributed by atoms with Crippen molar-refractivity contribution in [2.24, 2.45) is 17.8 Å². The SMILES string of the molecule is CCCCC(CCCCC(CCCCC(CC)C(=O)N[C@@H](C=O)Cc1cnc[nH]1)C(=O)NCC=O)C(=O)O. The lowest BCUT2D eigenvalue weighted by molar-refractivity contribution is -0.142. The van der Waals surface area contributed by atoms with Crippen molar-refractivity contribution >= 4 is 30.4 Å². The molecule has 0 aromatic carbocycles. The number of carboxylic acids is 1. The van der Waals surface area contributed by atoms with Gasteiger partial charge in [-0.2, -0.15) is 0 Å². The predicted octanol–water partition coefficient (Wildman–Crippen LogP) is 3.61. The Labute approximate surface area is 226 Å². The minimum absolute atomic E-state index is 0.0258. The highest BCUT2D eigenvalue weighted by Crippen LogP contribution is 2.23. The number of hydrogen-bond acceptors (Lipinski definition) is 6. The first-order chi connectivity index (χ1) is 18.4. The fourth-order valence-corrected chi connectivity index (χ4v) is 4.69. The molecular formula is C28H46N4O6. The molecular weight excluding hydrogens is 488 g/mol. The number of unbranched alkanes of at least 4 members (excludes halogenated alkanes) is 3. The third-order valence-electron chi connectivity index (χ3n) is 7.05. The number of imidazole rings is 1. The number of aldehydes is 2. The molecule has 0 aliphatic heterocycles. The normalized spacial score (nSPS) is 14.2. The van der Waals surface area contributed by atoms with Gasteiger partial charge in [-0.25, -0.2) is 4.98 Å². The summed E-state index contributed by atoms with van der Waals surface area (Å²) in [5.74, 6) is -1.88. The fourth-order valence-electron chi connectivity index (χ4n) is 4.69. The molecule has 0 spiro atoms. The fraction of sp³-hybridized carbons (Fsp3) is 0.714. The third-order valence-corrected chi connectivity index (χ3v) is 7.05. The second-order valence-electron chi connectivity index (χ2n) is 9.99. The summed E-state index contributed by atoms with van der Waals surface area (Å²) in [6.07, 6.45) is 13.6. The van der Waals surface area contributed by atoms with E-state index < -0.39 is 12.0 Å². The Kier molecular flexibility index (Phi) is 17.4. The van der Waals surface area contributed by atoms with E-state index >= 15 is 0 Å². The first kappa shape index (κ1) is 33.0. The van der Waals surface area contributed by atoms with E-state index in [0.717, 1.165) is 50.5 Å². The Bertz CT molecular complexity index is 829. The van der Waals surface area contributed by atoms with Crippen LogP contribution in [0.25, 0.3) is 0 Å². The van der Waals surface area contributed by atoms with E-state index in [1.165, 1.54) is 6.33 Å². The Morgan fingerprint density at radius 1 is 0.921 bits per heavy atom. The highest BCUT2D eigenvalue weighted by molar-refractivity contribution is 5.82. The van der Waals surface area contributed by atoms with Crippen LogP contribution in [-0.2, 0) is 30.4 Å². The first-order valence-corrected chi connectivity index (χ1v) is 14.0. The number of aromatic nitrogens is 2. The van der Waals surface area contributed by atoms with Gasteiger partial charge >= 0.3 is 5.97 Å². The molecule has 10 heteroatoms. The van der Waals surface area contributed by atoms with E-state index in [4.69, 9.17) is 0 Å². The molecule has 0 saturated carbocycles. The lowest BCUT2D eigenvalue weighted by Gasteiger charge is -2.19. The highest BCUT2D eigenvalue weighted by atomic mass is 16.4. The number of aromatic amines is 1. The van der Waals surface area contributed by atoms with Gasteiger partial charge in [0.2, 0.25) is 11.8 Å². The van der Waals surface area contributed by atoms with Gasteiger partial charge in [-0.05, 0) is 38.5 Å². The van der Waals surface area contributed by atoms with Crippen molar-refractivity contribution in [3.8, 4) is 0 Å². The van der Waals surface area contributed by atoms with Gasteiger partial charge in [0.05, 0.1) is 24.8 Å². The van der Waals surface area contributed by atoms with Crippen LogP contribution in [0.5, 0.6) is 0 Å². The molecule has 0 aliphatic carbocycles. The lowest BCUT2D eigenvalue weighted by atomic mass is 9.90. The second kappa shape index (κ2) is 20.0. The van der Waals surface area contributed by atoms with Crippen LogP contribution in [0.2, 0.25) is 0 Å². The largest absolute Gasteiger partial charge is 0.481 e. The number of amides is 2. The number of carbonyl (C=O) groups is 5. The number of H-pyrrole nitrogens is 1. The quantitative estimate of drug-likeness (QED) is 0.123. The van der Waals surface area contributed by atoms with Gasteiger partial charge in [0.1, 0.15) is 12.6 Å². The monoisotopic (exact) mass is 534 g/mol. The Balaban J connectivity index is 2.51. The number of carboxylic acid groups (broad SMARTS) is 1. The van der Waals surface area contributed by atoms with E-state index in [0.29, 0.717) is 51.2 Å². The van der Waals surface area contributed by atoms with Gasteiger partial charge in [-0.1, -0.05) is 52.4 Å². The molecule has 4 N–H and O–H groups in total. The number of aliphatic carboxylic acids is 1. The van der Waals surface area contributed by atoms with E-state index in [1.807, 2.05) is 13.8 Å². The number of rotatable bonds is 23. The van der Waals surface area contributed by atoms with Crippen molar-refractivity contribution < 1.29 is 29.1 Å². The smallest absolute Gasteiger partial charge is 0.306 e. The summed E-state index contributed by atoms with van der Waals surface area (Å²) in [7, 11) is 0. The number of hydrogen-bond donors (Lipinski definition) is 4. The standard InChI is InChI=1S/C28H46N4O6/c1-3-5-10-23(28(37)38)14-9-8-13-22(26(35)30-15-16-33)12-7-6-11-21(4-2)27(36)32-25(19-34)17-24-18-29-20-31-24/h16,18-23,25H,3-15,17H2,1-2H3,(H,29,31)(H,30,35)(H,32,36)(H,37,38)/t21?,22?,23?,25-/m1/s1. The zero-order valence-corrected chi connectivity index (χ0v) is 23.0. The van der Waals surface area contributed by atoms with Gasteiger partial charge in [0, 0.05) is 30.1 Å². The molecule has 38 heavy (non-hydrogen) atoms. The zero-order valence-electron chi connectivity index (χ0n) is 23.0. The molecule has 0 bridgehead atoms. The number of nitrogens with zero attached hydrogens (tertiary/aromatic N) is 1. The second-order valence-corrected chi connectivity index (χ2v) is 9.99. The average molecular weight is 535 g/mol. The summed E-state index contributed by atoms with van der Waals surface area (Å²) in [5.41, 5.74) is 0.772. The molecule has 3 unspecified atom stereocenters. The van der Waals surface area contributed by atoms with Crippen LogP contribution >= 0.6 is 0 Å². The zero-order chi connectivity index (χ0) is 28.2. The van der Waals surface area contributed by atoms with Crippen molar-refractivity contribution in [2.45, 2.75) is 103 Å².